The lowest BCUT2D eigenvalue weighted by Gasteiger charge is -2.11. The van der Waals surface area contributed by atoms with Crippen LogP contribution < -0.4 is 14.8 Å². The van der Waals surface area contributed by atoms with E-state index < -0.39 is 0 Å². The first-order valence-corrected chi connectivity index (χ1v) is 9.27. The van der Waals surface area contributed by atoms with Crippen molar-refractivity contribution in [2.75, 3.05) is 18.5 Å². The fourth-order valence-corrected chi connectivity index (χ4v) is 2.57. The molecule has 0 spiro atoms. The largest absolute Gasteiger partial charge is 0.492 e. The Labute approximate surface area is 163 Å². The molecule has 1 aromatic heterocycles. The molecule has 28 heavy (non-hydrogen) atoms. The number of amides is 1. The van der Waals surface area contributed by atoms with E-state index in [0.717, 1.165) is 18.4 Å². The van der Waals surface area contributed by atoms with Gasteiger partial charge in [0, 0.05) is 12.0 Å². The van der Waals surface area contributed by atoms with Gasteiger partial charge in [-0.1, -0.05) is 19.1 Å². The number of aryl methyl sites for hydroxylation is 1. The lowest BCUT2D eigenvalue weighted by Crippen LogP contribution is -2.20. The van der Waals surface area contributed by atoms with Crippen LogP contribution in [0.3, 0.4) is 0 Å². The van der Waals surface area contributed by atoms with Gasteiger partial charge in [-0.25, -0.2) is 0 Å². The van der Waals surface area contributed by atoms with Gasteiger partial charge < -0.3 is 19.2 Å². The number of aromatic nitrogens is 2. The van der Waals surface area contributed by atoms with Crippen LogP contribution in [0.2, 0.25) is 0 Å². The zero-order chi connectivity index (χ0) is 19.8. The van der Waals surface area contributed by atoms with Crippen LogP contribution >= 0.6 is 0 Å². The first kappa shape index (κ1) is 19.4. The molecule has 0 atom stereocenters. The average molecular weight is 381 g/mol. The van der Waals surface area contributed by atoms with Gasteiger partial charge in [-0.2, -0.15) is 0 Å². The Balaban J connectivity index is 1.55. The van der Waals surface area contributed by atoms with Gasteiger partial charge in [-0.3, -0.25) is 4.79 Å². The van der Waals surface area contributed by atoms with Crippen molar-refractivity contribution in [1.82, 2.24) is 10.2 Å². The summed E-state index contributed by atoms with van der Waals surface area (Å²) in [5, 5.41) is 10.9. The highest BCUT2D eigenvalue weighted by molar-refractivity contribution is 5.93. The number of hydrogen-bond donors (Lipinski definition) is 1. The second-order valence-electron chi connectivity index (χ2n) is 6.04. The Hall–Kier alpha value is -3.35. The average Bonchev–Trinajstić information content (AvgIpc) is 3.17. The lowest BCUT2D eigenvalue weighted by molar-refractivity contribution is -0.118. The zero-order valence-electron chi connectivity index (χ0n) is 16.0. The summed E-state index contributed by atoms with van der Waals surface area (Å²) in [6.07, 6.45) is 1.71. The number of benzene rings is 2. The summed E-state index contributed by atoms with van der Waals surface area (Å²) < 4.78 is 16.7. The van der Waals surface area contributed by atoms with Crippen LogP contribution in [0.4, 0.5) is 5.69 Å². The molecule has 7 nitrogen and oxygen atoms in total. The number of anilines is 1. The first-order chi connectivity index (χ1) is 13.7. The Morgan fingerprint density at radius 3 is 2.57 bits per heavy atom. The molecule has 1 amide bonds. The maximum Gasteiger partial charge on any atom is 0.262 e. The molecule has 0 unspecified atom stereocenters. The molecule has 0 radical (unpaired) electrons. The highest BCUT2D eigenvalue weighted by Gasteiger charge is 2.10. The van der Waals surface area contributed by atoms with Crippen LogP contribution in [0.5, 0.6) is 11.5 Å². The fraction of sp³-hybridized carbons (Fsp3) is 0.286. The standard InChI is InChI=1S/C21H23N3O4/c1-3-7-20-23-24-21(28-20)15-10-12-16(13-11-15)27-14-19(25)22-17-8-5-6-9-18(17)26-4-2/h5-6,8-13H,3-4,7,14H2,1-2H3,(H,22,25). The van der Waals surface area contributed by atoms with Crippen LogP contribution in [0.1, 0.15) is 26.2 Å². The van der Waals surface area contributed by atoms with Crippen molar-refractivity contribution in [2.24, 2.45) is 0 Å². The van der Waals surface area contributed by atoms with Crippen LogP contribution in [0, 0.1) is 0 Å². The quantitative estimate of drug-likeness (QED) is 0.600. The van der Waals surface area contributed by atoms with Gasteiger partial charge in [0.2, 0.25) is 11.8 Å². The van der Waals surface area contributed by atoms with E-state index in [9.17, 15) is 4.79 Å². The molecular weight excluding hydrogens is 358 g/mol. The summed E-state index contributed by atoms with van der Waals surface area (Å²) in [7, 11) is 0. The lowest BCUT2D eigenvalue weighted by atomic mass is 10.2. The Morgan fingerprint density at radius 2 is 1.82 bits per heavy atom. The molecule has 3 rings (SSSR count). The highest BCUT2D eigenvalue weighted by Crippen LogP contribution is 2.24. The Kier molecular flexibility index (Phi) is 6.62. The normalized spacial score (nSPS) is 10.5. The maximum atomic E-state index is 12.2. The van der Waals surface area contributed by atoms with Gasteiger partial charge in [-0.05, 0) is 49.7 Å². The van der Waals surface area contributed by atoms with Crippen LogP contribution in [0.15, 0.2) is 52.9 Å². The minimum atomic E-state index is -0.266. The smallest absolute Gasteiger partial charge is 0.262 e. The number of carbonyl (C=O) groups is 1. The minimum absolute atomic E-state index is 0.110. The molecule has 0 bridgehead atoms. The maximum absolute atomic E-state index is 12.2. The molecule has 1 N–H and O–H groups in total. The molecule has 0 saturated heterocycles. The minimum Gasteiger partial charge on any atom is -0.492 e. The summed E-state index contributed by atoms with van der Waals surface area (Å²) >= 11 is 0. The third kappa shape index (κ3) is 5.09. The van der Waals surface area contributed by atoms with Crippen molar-refractivity contribution in [2.45, 2.75) is 26.7 Å². The summed E-state index contributed by atoms with van der Waals surface area (Å²) in [6, 6.07) is 14.5. The molecular formula is C21H23N3O4. The number of ether oxygens (including phenoxy) is 2. The van der Waals surface area contributed by atoms with Crippen molar-refractivity contribution in [3.63, 3.8) is 0 Å². The van der Waals surface area contributed by atoms with E-state index in [1.165, 1.54) is 0 Å². The van der Waals surface area contributed by atoms with Crippen molar-refractivity contribution < 1.29 is 18.7 Å². The van der Waals surface area contributed by atoms with Gasteiger partial charge in [0.15, 0.2) is 6.61 Å². The van der Waals surface area contributed by atoms with Crippen LogP contribution in [0.25, 0.3) is 11.5 Å². The third-order valence-electron chi connectivity index (χ3n) is 3.86. The molecule has 2 aromatic carbocycles. The van der Waals surface area contributed by atoms with Gasteiger partial charge in [0.1, 0.15) is 11.5 Å². The van der Waals surface area contributed by atoms with E-state index in [4.69, 9.17) is 13.9 Å². The predicted molar refractivity (Wildman–Crippen MR) is 105 cm³/mol. The number of nitrogens with zero attached hydrogens (tertiary/aromatic N) is 2. The van der Waals surface area contributed by atoms with Crippen LogP contribution in [-0.2, 0) is 11.2 Å². The van der Waals surface area contributed by atoms with E-state index in [2.05, 4.69) is 22.4 Å². The molecule has 3 aromatic rings. The second-order valence-corrected chi connectivity index (χ2v) is 6.04. The SMILES string of the molecule is CCCc1nnc(-c2ccc(OCC(=O)Nc3ccccc3OCC)cc2)o1. The third-order valence-corrected chi connectivity index (χ3v) is 3.86. The van der Waals surface area contributed by atoms with E-state index in [0.29, 0.717) is 35.6 Å². The first-order valence-electron chi connectivity index (χ1n) is 9.27. The van der Waals surface area contributed by atoms with Crippen LogP contribution in [-0.4, -0.2) is 29.3 Å². The number of hydrogen-bond acceptors (Lipinski definition) is 6. The van der Waals surface area contributed by atoms with Gasteiger partial charge >= 0.3 is 0 Å². The highest BCUT2D eigenvalue weighted by atomic mass is 16.5. The van der Waals surface area contributed by atoms with Crippen molar-refractivity contribution >= 4 is 11.6 Å². The number of carbonyl (C=O) groups excluding carboxylic acids is 1. The monoisotopic (exact) mass is 381 g/mol. The topological polar surface area (TPSA) is 86.5 Å². The summed E-state index contributed by atoms with van der Waals surface area (Å²) in [5.74, 6) is 2.04. The number of rotatable bonds is 9. The van der Waals surface area contributed by atoms with Crippen molar-refractivity contribution in [1.29, 1.82) is 0 Å². The summed E-state index contributed by atoms with van der Waals surface area (Å²) in [4.78, 5) is 12.2. The Bertz CT molecular complexity index is 906. The van der Waals surface area contributed by atoms with E-state index in [1.807, 2.05) is 37.3 Å². The second kappa shape index (κ2) is 9.55. The molecule has 7 heteroatoms. The molecule has 0 fully saturated rings. The zero-order valence-corrected chi connectivity index (χ0v) is 16.0. The van der Waals surface area contributed by atoms with Gasteiger partial charge in [0.25, 0.3) is 5.91 Å². The summed E-state index contributed by atoms with van der Waals surface area (Å²) in [5.41, 5.74) is 1.42. The summed E-state index contributed by atoms with van der Waals surface area (Å²) in [6.45, 7) is 4.36. The molecule has 0 aliphatic heterocycles. The Morgan fingerprint density at radius 1 is 1.04 bits per heavy atom. The van der Waals surface area contributed by atoms with E-state index in [-0.39, 0.29) is 12.5 Å². The molecule has 0 aliphatic carbocycles. The van der Waals surface area contributed by atoms with Crippen molar-refractivity contribution in [3.8, 4) is 23.0 Å². The fourth-order valence-electron chi connectivity index (χ4n) is 2.57. The molecule has 0 saturated carbocycles. The molecule has 0 aliphatic rings. The van der Waals surface area contributed by atoms with E-state index >= 15 is 0 Å². The predicted octanol–water partition coefficient (Wildman–Crippen LogP) is 4.11. The van der Waals surface area contributed by atoms with Gasteiger partial charge in [-0.15, -0.1) is 10.2 Å². The number of nitrogens with one attached hydrogen (secondary N) is 1. The molecule has 146 valence electrons. The van der Waals surface area contributed by atoms with Gasteiger partial charge in [0.05, 0.1) is 12.3 Å². The number of para-hydroxylation sites is 2. The van der Waals surface area contributed by atoms with Crippen molar-refractivity contribution in [3.05, 3.63) is 54.4 Å². The van der Waals surface area contributed by atoms with E-state index in [1.54, 1.807) is 18.2 Å². The molecule has 1 heterocycles.